The van der Waals surface area contributed by atoms with E-state index in [2.05, 4.69) is 46.4 Å². The van der Waals surface area contributed by atoms with Crippen molar-refractivity contribution in [2.75, 3.05) is 18.1 Å². The van der Waals surface area contributed by atoms with Gasteiger partial charge < -0.3 is 9.64 Å². The van der Waals surface area contributed by atoms with Crippen molar-refractivity contribution in [3.63, 3.8) is 0 Å². The van der Waals surface area contributed by atoms with Gasteiger partial charge in [-0.05, 0) is 42.3 Å². The van der Waals surface area contributed by atoms with Gasteiger partial charge in [0.25, 0.3) is 0 Å². The zero-order chi connectivity index (χ0) is 17.2. The van der Waals surface area contributed by atoms with Gasteiger partial charge in [0.05, 0.1) is 19.3 Å². The molecule has 25 heavy (non-hydrogen) atoms. The van der Waals surface area contributed by atoms with Crippen LogP contribution in [0.3, 0.4) is 0 Å². The molecular formula is C19H19ClN4O. The van der Waals surface area contributed by atoms with E-state index in [4.69, 9.17) is 16.3 Å². The van der Waals surface area contributed by atoms with Crippen LogP contribution in [0, 0.1) is 6.92 Å². The summed E-state index contributed by atoms with van der Waals surface area (Å²) in [6.07, 6.45) is 1.76. The van der Waals surface area contributed by atoms with E-state index >= 15 is 0 Å². The second kappa shape index (κ2) is 6.86. The lowest BCUT2D eigenvalue weighted by atomic mass is 10.2. The summed E-state index contributed by atoms with van der Waals surface area (Å²) in [6, 6.07) is 16.2. The Labute approximate surface area is 151 Å². The number of benzene rings is 2. The summed E-state index contributed by atoms with van der Waals surface area (Å²) >= 11 is 5.93. The molecule has 0 unspecified atom stereocenters. The highest BCUT2D eigenvalue weighted by Gasteiger charge is 2.29. The summed E-state index contributed by atoms with van der Waals surface area (Å²) in [4.78, 5) is 2.23. The Bertz CT molecular complexity index is 862. The van der Waals surface area contributed by atoms with Crippen molar-refractivity contribution in [1.29, 1.82) is 0 Å². The van der Waals surface area contributed by atoms with Crippen LogP contribution >= 0.6 is 11.6 Å². The average molecular weight is 355 g/mol. The fourth-order valence-electron chi connectivity index (χ4n) is 3.07. The largest absolute Gasteiger partial charge is 0.350 e. The van der Waals surface area contributed by atoms with Gasteiger partial charge in [-0.25, -0.2) is 4.68 Å². The van der Waals surface area contributed by atoms with Crippen molar-refractivity contribution < 1.29 is 4.74 Å². The van der Waals surface area contributed by atoms with Crippen LogP contribution in [0.1, 0.15) is 23.0 Å². The molecule has 4 rings (SSSR count). The third kappa shape index (κ3) is 3.52. The van der Waals surface area contributed by atoms with Crippen LogP contribution in [0.2, 0.25) is 5.02 Å². The molecule has 1 saturated heterocycles. The minimum atomic E-state index is -0.194. The van der Waals surface area contributed by atoms with Gasteiger partial charge in [-0.2, -0.15) is 0 Å². The zero-order valence-electron chi connectivity index (χ0n) is 14.0. The fourth-order valence-corrected chi connectivity index (χ4v) is 3.19. The van der Waals surface area contributed by atoms with E-state index in [0.717, 1.165) is 28.5 Å². The van der Waals surface area contributed by atoms with Crippen LogP contribution in [0.25, 0.3) is 0 Å². The van der Waals surface area contributed by atoms with Gasteiger partial charge in [-0.15, -0.1) is 5.10 Å². The van der Waals surface area contributed by atoms with Crippen molar-refractivity contribution in [2.45, 2.75) is 19.7 Å². The number of nitrogens with zero attached hydrogens (tertiary/aromatic N) is 4. The van der Waals surface area contributed by atoms with Crippen molar-refractivity contribution in [1.82, 2.24) is 15.0 Å². The van der Waals surface area contributed by atoms with Gasteiger partial charge in [0.1, 0.15) is 5.69 Å². The lowest BCUT2D eigenvalue weighted by Gasteiger charge is -2.23. The second-order valence-electron chi connectivity index (χ2n) is 6.22. The topological polar surface area (TPSA) is 43.2 Å². The molecule has 6 heteroatoms. The molecular weight excluding hydrogens is 336 g/mol. The molecule has 1 atom stereocenters. The lowest BCUT2D eigenvalue weighted by molar-refractivity contribution is 0.110. The molecule has 1 aliphatic heterocycles. The number of hydrogen-bond donors (Lipinski definition) is 0. The normalized spacial score (nSPS) is 17.2. The zero-order valence-corrected chi connectivity index (χ0v) is 14.7. The van der Waals surface area contributed by atoms with Crippen molar-refractivity contribution in [3.05, 3.63) is 76.6 Å². The molecule has 0 radical (unpaired) electrons. The molecule has 0 aliphatic carbocycles. The number of anilines is 1. The Morgan fingerprint density at radius 2 is 2.04 bits per heavy atom. The molecule has 0 spiro atoms. The first-order chi connectivity index (χ1) is 12.2. The molecule has 1 fully saturated rings. The number of rotatable bonds is 4. The molecule has 5 nitrogen and oxygen atoms in total. The molecule has 0 bridgehead atoms. The first-order valence-electron chi connectivity index (χ1n) is 8.28. The first kappa shape index (κ1) is 16.1. The van der Waals surface area contributed by atoms with Gasteiger partial charge in [0.2, 0.25) is 0 Å². The molecule has 3 aromatic rings. The summed E-state index contributed by atoms with van der Waals surface area (Å²) < 4.78 is 7.75. The minimum Gasteiger partial charge on any atom is -0.350 e. The van der Waals surface area contributed by atoms with Crippen LogP contribution in [0.15, 0.2) is 54.7 Å². The molecule has 1 aliphatic rings. The third-order valence-corrected chi connectivity index (χ3v) is 4.54. The summed E-state index contributed by atoms with van der Waals surface area (Å²) in [6.45, 7) is 4.28. The Kier molecular flexibility index (Phi) is 4.42. The maximum Gasteiger partial charge on any atom is 0.177 e. The van der Waals surface area contributed by atoms with E-state index in [0.29, 0.717) is 13.2 Å². The number of ether oxygens (including phenoxy) is 1. The molecule has 1 aromatic heterocycles. The standard InChI is InChI=1S/C19H19ClN4O/c1-14-3-2-4-17(11-14)24-9-10-25-19(24)18-13-23(22-21-18)12-15-5-7-16(20)8-6-15/h2-8,11,13,19H,9-10,12H2,1H3/t19-/m0/s1. The van der Waals surface area contributed by atoms with Crippen LogP contribution in [0.4, 0.5) is 5.69 Å². The maximum atomic E-state index is 5.93. The quantitative estimate of drug-likeness (QED) is 0.714. The van der Waals surface area contributed by atoms with E-state index in [1.54, 1.807) is 0 Å². The molecule has 2 aromatic carbocycles. The number of hydrogen-bond acceptors (Lipinski definition) is 4. The van der Waals surface area contributed by atoms with E-state index in [9.17, 15) is 0 Å². The summed E-state index contributed by atoms with van der Waals surface area (Å²) in [7, 11) is 0. The predicted molar refractivity (Wildman–Crippen MR) is 97.8 cm³/mol. The Morgan fingerprint density at radius 3 is 2.84 bits per heavy atom. The summed E-state index contributed by atoms with van der Waals surface area (Å²) in [5, 5.41) is 9.31. The van der Waals surface area contributed by atoms with E-state index < -0.39 is 0 Å². The Morgan fingerprint density at radius 1 is 1.20 bits per heavy atom. The van der Waals surface area contributed by atoms with Gasteiger partial charge in [0.15, 0.2) is 6.23 Å². The SMILES string of the molecule is Cc1cccc(N2CCO[C@H]2c2cn(Cc3ccc(Cl)cc3)nn2)c1. The number of aromatic nitrogens is 3. The average Bonchev–Trinajstić information content (AvgIpc) is 3.26. The molecule has 0 saturated carbocycles. The molecule has 2 heterocycles. The maximum absolute atomic E-state index is 5.93. The van der Waals surface area contributed by atoms with Crippen LogP contribution in [0.5, 0.6) is 0 Å². The van der Waals surface area contributed by atoms with E-state index in [-0.39, 0.29) is 6.23 Å². The van der Waals surface area contributed by atoms with E-state index in [1.807, 2.05) is 35.1 Å². The Balaban J connectivity index is 1.53. The van der Waals surface area contributed by atoms with Crippen molar-refractivity contribution in [3.8, 4) is 0 Å². The third-order valence-electron chi connectivity index (χ3n) is 4.29. The summed E-state index contributed by atoms with van der Waals surface area (Å²) in [5.74, 6) is 0. The number of aryl methyl sites for hydroxylation is 1. The molecule has 128 valence electrons. The highest BCUT2D eigenvalue weighted by molar-refractivity contribution is 6.30. The Hall–Kier alpha value is -2.37. The highest BCUT2D eigenvalue weighted by atomic mass is 35.5. The summed E-state index contributed by atoms with van der Waals surface area (Å²) in [5.41, 5.74) is 4.33. The predicted octanol–water partition coefficient (Wildman–Crippen LogP) is 3.82. The monoisotopic (exact) mass is 354 g/mol. The van der Waals surface area contributed by atoms with Crippen molar-refractivity contribution >= 4 is 17.3 Å². The number of halogens is 1. The highest BCUT2D eigenvalue weighted by Crippen LogP contribution is 2.31. The molecule has 0 N–H and O–H groups in total. The van der Waals surface area contributed by atoms with Crippen LogP contribution in [-0.2, 0) is 11.3 Å². The van der Waals surface area contributed by atoms with Crippen LogP contribution < -0.4 is 4.90 Å². The minimum absolute atomic E-state index is 0.194. The molecule has 0 amide bonds. The smallest absolute Gasteiger partial charge is 0.177 e. The van der Waals surface area contributed by atoms with Gasteiger partial charge in [-0.3, -0.25) is 0 Å². The fraction of sp³-hybridized carbons (Fsp3) is 0.263. The first-order valence-corrected chi connectivity index (χ1v) is 8.66. The lowest BCUT2D eigenvalue weighted by Crippen LogP contribution is -2.23. The van der Waals surface area contributed by atoms with Crippen molar-refractivity contribution in [2.24, 2.45) is 0 Å². The van der Waals surface area contributed by atoms with Gasteiger partial charge >= 0.3 is 0 Å². The van der Waals surface area contributed by atoms with Crippen LogP contribution in [-0.4, -0.2) is 28.1 Å². The van der Waals surface area contributed by atoms with Gasteiger partial charge in [-0.1, -0.05) is 41.1 Å². The second-order valence-corrected chi connectivity index (χ2v) is 6.66. The van der Waals surface area contributed by atoms with Gasteiger partial charge in [0, 0.05) is 17.3 Å². The van der Waals surface area contributed by atoms with E-state index in [1.165, 1.54) is 5.56 Å².